The zero-order valence-electron chi connectivity index (χ0n) is 16.9. The van der Waals surface area contributed by atoms with Crippen LogP contribution >= 0.6 is 11.3 Å². The van der Waals surface area contributed by atoms with Crippen LogP contribution in [0, 0.1) is 6.92 Å². The predicted octanol–water partition coefficient (Wildman–Crippen LogP) is 3.43. The van der Waals surface area contributed by atoms with E-state index in [1.807, 2.05) is 0 Å². The second kappa shape index (κ2) is 9.27. The zero-order valence-corrected chi connectivity index (χ0v) is 17.7. The Balaban J connectivity index is 1.55. The lowest BCUT2D eigenvalue weighted by Gasteiger charge is -2.29. The van der Waals surface area contributed by atoms with Crippen molar-refractivity contribution < 1.29 is 4.74 Å². The Morgan fingerprint density at radius 1 is 1.26 bits per heavy atom. The SMILES string of the molecule is CCCCCc1ccc(OCCNC2=c3ccsc3=NC(C)N2C)c(C)c1. The van der Waals surface area contributed by atoms with Crippen molar-refractivity contribution in [3.63, 3.8) is 0 Å². The van der Waals surface area contributed by atoms with Crippen molar-refractivity contribution in [3.05, 3.63) is 50.7 Å². The minimum atomic E-state index is 0.155. The van der Waals surface area contributed by atoms with Crippen molar-refractivity contribution >= 4 is 17.2 Å². The van der Waals surface area contributed by atoms with Gasteiger partial charge in [-0.25, -0.2) is 4.99 Å². The highest BCUT2D eigenvalue weighted by Gasteiger charge is 2.17. The molecule has 2 heterocycles. The van der Waals surface area contributed by atoms with E-state index in [1.165, 1.54) is 35.6 Å². The predicted molar refractivity (Wildman–Crippen MR) is 114 cm³/mol. The molecule has 1 aliphatic heterocycles. The molecule has 0 saturated heterocycles. The molecule has 5 heteroatoms. The standard InChI is InChI=1S/C22H31N3OS/c1-5-6-7-8-18-9-10-20(16(2)15-18)26-13-12-23-21-19-11-14-27-22(19)24-17(3)25(21)4/h9-11,14-15,17,23H,5-8,12-13H2,1-4H3. The Labute approximate surface area is 166 Å². The minimum Gasteiger partial charge on any atom is -0.491 e. The molecule has 2 aromatic rings. The zero-order chi connectivity index (χ0) is 19.2. The van der Waals surface area contributed by atoms with Crippen LogP contribution in [0.1, 0.15) is 44.2 Å². The number of unbranched alkanes of at least 4 members (excludes halogenated alkanes) is 2. The summed E-state index contributed by atoms with van der Waals surface area (Å²) < 4.78 is 7.13. The minimum absolute atomic E-state index is 0.155. The first-order valence-corrected chi connectivity index (χ1v) is 10.8. The molecule has 3 rings (SSSR count). The summed E-state index contributed by atoms with van der Waals surface area (Å²) in [5.41, 5.74) is 2.63. The lowest BCUT2D eigenvalue weighted by molar-refractivity contribution is 0.304. The van der Waals surface area contributed by atoms with Crippen LogP contribution in [0.4, 0.5) is 0 Å². The van der Waals surface area contributed by atoms with E-state index in [0.717, 1.165) is 29.2 Å². The van der Waals surface area contributed by atoms with Crippen molar-refractivity contribution in [2.45, 2.75) is 52.6 Å². The highest BCUT2D eigenvalue weighted by Crippen LogP contribution is 2.20. The summed E-state index contributed by atoms with van der Waals surface area (Å²) >= 11 is 1.70. The van der Waals surface area contributed by atoms with Gasteiger partial charge in [-0.3, -0.25) is 0 Å². The molecule has 1 unspecified atom stereocenters. The van der Waals surface area contributed by atoms with Crippen molar-refractivity contribution in [1.29, 1.82) is 0 Å². The molecule has 1 atom stereocenters. The van der Waals surface area contributed by atoms with Gasteiger partial charge in [0.05, 0.1) is 11.8 Å². The van der Waals surface area contributed by atoms with Gasteiger partial charge in [0.2, 0.25) is 0 Å². The fourth-order valence-electron chi connectivity index (χ4n) is 3.37. The molecule has 0 aliphatic carbocycles. The molecule has 0 amide bonds. The maximum Gasteiger partial charge on any atom is 0.123 e. The number of aryl methyl sites for hydroxylation is 2. The maximum absolute atomic E-state index is 6.02. The van der Waals surface area contributed by atoms with Crippen LogP contribution in [0.15, 0.2) is 34.6 Å². The van der Waals surface area contributed by atoms with Gasteiger partial charge in [0, 0.05) is 7.05 Å². The number of rotatable bonds is 9. The van der Waals surface area contributed by atoms with Crippen LogP contribution < -0.4 is 19.9 Å². The summed E-state index contributed by atoms with van der Waals surface area (Å²) in [6, 6.07) is 8.73. The Kier molecular flexibility index (Phi) is 6.78. The highest BCUT2D eigenvalue weighted by molar-refractivity contribution is 7.07. The average Bonchev–Trinajstić information content (AvgIpc) is 3.11. The quantitative estimate of drug-likeness (QED) is 0.672. The lowest BCUT2D eigenvalue weighted by atomic mass is 10.0. The molecule has 1 aliphatic rings. The summed E-state index contributed by atoms with van der Waals surface area (Å²) in [5, 5.41) is 6.83. The van der Waals surface area contributed by atoms with Crippen molar-refractivity contribution in [2.24, 2.45) is 4.99 Å². The van der Waals surface area contributed by atoms with Crippen LogP contribution in [-0.4, -0.2) is 31.3 Å². The number of thiophene rings is 1. The number of nitrogens with one attached hydrogen (secondary N) is 1. The highest BCUT2D eigenvalue weighted by atomic mass is 32.1. The molecular formula is C22H31N3OS. The molecule has 0 bridgehead atoms. The number of fused-ring (bicyclic) bond motifs is 1. The topological polar surface area (TPSA) is 36.9 Å². The van der Waals surface area contributed by atoms with Gasteiger partial charge >= 0.3 is 0 Å². The Hall–Kier alpha value is -2.01. The van der Waals surface area contributed by atoms with Crippen LogP contribution in [0.5, 0.6) is 5.75 Å². The van der Waals surface area contributed by atoms with E-state index in [2.05, 4.69) is 67.7 Å². The Bertz CT molecular complexity index is 874. The number of hydrogen-bond acceptors (Lipinski definition) is 5. The van der Waals surface area contributed by atoms with E-state index in [1.54, 1.807) is 11.3 Å². The van der Waals surface area contributed by atoms with Crippen molar-refractivity contribution in [1.82, 2.24) is 10.2 Å². The van der Waals surface area contributed by atoms with Crippen LogP contribution in [-0.2, 0) is 6.42 Å². The van der Waals surface area contributed by atoms with E-state index in [4.69, 9.17) is 9.73 Å². The monoisotopic (exact) mass is 385 g/mol. The smallest absolute Gasteiger partial charge is 0.123 e. The molecule has 1 aromatic carbocycles. The van der Waals surface area contributed by atoms with Crippen molar-refractivity contribution in [2.75, 3.05) is 20.2 Å². The van der Waals surface area contributed by atoms with Gasteiger partial charge in [-0.15, -0.1) is 11.3 Å². The normalized spacial score (nSPS) is 16.1. The number of benzene rings is 1. The summed E-state index contributed by atoms with van der Waals surface area (Å²) in [5.74, 6) is 2.12. The largest absolute Gasteiger partial charge is 0.491 e. The molecule has 0 radical (unpaired) electrons. The Morgan fingerprint density at radius 2 is 2.11 bits per heavy atom. The molecule has 4 nitrogen and oxygen atoms in total. The maximum atomic E-state index is 6.02. The van der Waals surface area contributed by atoms with E-state index >= 15 is 0 Å². The third kappa shape index (κ3) is 4.83. The molecule has 146 valence electrons. The second-order valence-corrected chi connectivity index (χ2v) is 8.09. The first kappa shape index (κ1) is 19.7. The molecule has 0 spiro atoms. The molecular weight excluding hydrogens is 354 g/mol. The molecule has 0 saturated carbocycles. The lowest BCUT2D eigenvalue weighted by Crippen LogP contribution is -2.46. The van der Waals surface area contributed by atoms with Gasteiger partial charge in [-0.1, -0.05) is 31.9 Å². The summed E-state index contributed by atoms with van der Waals surface area (Å²) in [6.45, 7) is 7.90. The summed E-state index contributed by atoms with van der Waals surface area (Å²) in [7, 11) is 2.08. The first-order valence-electron chi connectivity index (χ1n) is 9.95. The van der Waals surface area contributed by atoms with Gasteiger partial charge in [-0.2, -0.15) is 0 Å². The van der Waals surface area contributed by atoms with E-state index in [9.17, 15) is 0 Å². The van der Waals surface area contributed by atoms with Gasteiger partial charge in [0.25, 0.3) is 0 Å². The van der Waals surface area contributed by atoms with E-state index < -0.39 is 0 Å². The van der Waals surface area contributed by atoms with Gasteiger partial charge in [-0.05, 0) is 55.3 Å². The van der Waals surface area contributed by atoms with Gasteiger partial charge in [0.1, 0.15) is 29.0 Å². The fraction of sp³-hybridized carbons (Fsp3) is 0.500. The summed E-state index contributed by atoms with van der Waals surface area (Å²) in [6.07, 6.45) is 5.14. The first-order chi connectivity index (χ1) is 13.1. The third-order valence-electron chi connectivity index (χ3n) is 5.08. The summed E-state index contributed by atoms with van der Waals surface area (Å²) in [4.78, 5) is 6.90. The average molecular weight is 386 g/mol. The van der Waals surface area contributed by atoms with E-state index in [0.29, 0.717) is 6.61 Å². The van der Waals surface area contributed by atoms with Crippen LogP contribution in [0.3, 0.4) is 0 Å². The number of ether oxygens (including phenoxy) is 1. The van der Waals surface area contributed by atoms with Gasteiger partial charge < -0.3 is 15.0 Å². The van der Waals surface area contributed by atoms with Crippen LogP contribution in [0.25, 0.3) is 5.82 Å². The molecule has 1 aromatic heterocycles. The van der Waals surface area contributed by atoms with Crippen molar-refractivity contribution in [3.8, 4) is 5.75 Å². The third-order valence-corrected chi connectivity index (χ3v) is 5.90. The number of hydrogen-bond donors (Lipinski definition) is 1. The molecule has 1 N–H and O–H groups in total. The molecule has 0 fully saturated rings. The number of nitrogens with zero attached hydrogens (tertiary/aromatic N) is 2. The second-order valence-electron chi connectivity index (χ2n) is 7.19. The van der Waals surface area contributed by atoms with Gasteiger partial charge in [0.15, 0.2) is 0 Å². The molecule has 27 heavy (non-hydrogen) atoms. The van der Waals surface area contributed by atoms with E-state index in [-0.39, 0.29) is 6.17 Å². The van der Waals surface area contributed by atoms with Crippen LogP contribution in [0.2, 0.25) is 0 Å². The Morgan fingerprint density at radius 3 is 2.89 bits per heavy atom. The fourth-order valence-corrected chi connectivity index (χ4v) is 4.21.